The molecule has 0 bridgehead atoms. The Balaban J connectivity index is 1.87. The summed E-state index contributed by atoms with van der Waals surface area (Å²) >= 11 is 0. The van der Waals surface area contributed by atoms with Crippen LogP contribution in [0, 0.1) is 0 Å². The van der Waals surface area contributed by atoms with E-state index in [0.29, 0.717) is 29.1 Å². The second-order valence-electron chi connectivity index (χ2n) is 6.04. The first kappa shape index (κ1) is 21.0. The number of carbonyl (C=O) groups excluding carboxylic acids is 3. The van der Waals surface area contributed by atoms with Gasteiger partial charge in [-0.05, 0) is 42.8 Å². The van der Waals surface area contributed by atoms with Crippen molar-refractivity contribution in [3.63, 3.8) is 0 Å². The first-order chi connectivity index (χ1) is 13.5. The molecule has 0 saturated heterocycles. The average Bonchev–Trinajstić information content (AvgIpc) is 2.71. The van der Waals surface area contributed by atoms with Crippen LogP contribution in [0.5, 0.6) is 5.75 Å². The van der Waals surface area contributed by atoms with E-state index in [0.717, 1.165) is 12.8 Å². The number of methoxy groups -OCH3 is 1. The highest BCUT2D eigenvalue weighted by atomic mass is 16.5. The molecular weight excluding hydrogens is 360 g/mol. The molecule has 2 amide bonds. The molecular formula is C21H24N2O5. The fraction of sp³-hybridized carbons (Fsp3) is 0.286. The van der Waals surface area contributed by atoms with Crippen LogP contribution in [0.2, 0.25) is 0 Å². The number of carbonyl (C=O) groups is 3. The van der Waals surface area contributed by atoms with Gasteiger partial charge in [-0.25, -0.2) is 0 Å². The number of ether oxygens (including phenoxy) is 2. The van der Waals surface area contributed by atoms with Crippen LogP contribution in [-0.2, 0) is 14.3 Å². The highest BCUT2D eigenvalue weighted by Gasteiger charge is 2.11. The standard InChI is InChI=1S/C21H24N2O5/c1-3-4-9-20(25)28-14-19(24)22-16-12-10-15(11-13-16)21(26)23-17-7-5-6-8-18(17)27-2/h5-8,10-13H,3-4,9,14H2,1-2H3,(H,22,24)(H,23,26). The van der Waals surface area contributed by atoms with E-state index >= 15 is 0 Å². The number of para-hydroxylation sites is 2. The Bertz CT molecular complexity index is 818. The molecule has 2 aromatic carbocycles. The number of esters is 1. The quantitative estimate of drug-likeness (QED) is 0.644. The molecule has 148 valence electrons. The van der Waals surface area contributed by atoms with Crippen LogP contribution in [0.15, 0.2) is 48.5 Å². The maximum absolute atomic E-state index is 12.4. The number of rotatable bonds is 9. The molecule has 0 radical (unpaired) electrons. The number of anilines is 2. The maximum Gasteiger partial charge on any atom is 0.306 e. The van der Waals surface area contributed by atoms with E-state index in [4.69, 9.17) is 9.47 Å². The normalized spacial score (nSPS) is 10.1. The van der Waals surface area contributed by atoms with Gasteiger partial charge in [0.15, 0.2) is 6.61 Å². The van der Waals surface area contributed by atoms with Crippen molar-refractivity contribution in [3.8, 4) is 5.75 Å². The molecule has 0 atom stereocenters. The summed E-state index contributed by atoms with van der Waals surface area (Å²) in [5.41, 5.74) is 1.50. The lowest BCUT2D eigenvalue weighted by molar-refractivity contribution is -0.147. The van der Waals surface area contributed by atoms with E-state index in [2.05, 4.69) is 10.6 Å². The van der Waals surface area contributed by atoms with Crippen molar-refractivity contribution in [1.82, 2.24) is 0 Å². The topological polar surface area (TPSA) is 93.7 Å². The molecule has 0 aliphatic rings. The lowest BCUT2D eigenvalue weighted by Gasteiger charge is -2.10. The monoisotopic (exact) mass is 384 g/mol. The summed E-state index contributed by atoms with van der Waals surface area (Å²) in [5, 5.41) is 5.40. The van der Waals surface area contributed by atoms with Gasteiger partial charge in [-0.1, -0.05) is 25.5 Å². The molecule has 0 fully saturated rings. The third-order valence-corrected chi connectivity index (χ3v) is 3.88. The van der Waals surface area contributed by atoms with Gasteiger partial charge in [0.1, 0.15) is 5.75 Å². The van der Waals surface area contributed by atoms with Crippen LogP contribution in [0.4, 0.5) is 11.4 Å². The Labute approximate surface area is 164 Å². The highest BCUT2D eigenvalue weighted by molar-refractivity contribution is 6.05. The maximum atomic E-state index is 12.4. The van der Waals surface area contributed by atoms with Crippen LogP contribution in [0.25, 0.3) is 0 Å². The van der Waals surface area contributed by atoms with E-state index < -0.39 is 5.91 Å². The van der Waals surface area contributed by atoms with Crippen LogP contribution in [0.3, 0.4) is 0 Å². The van der Waals surface area contributed by atoms with Gasteiger partial charge in [-0.3, -0.25) is 14.4 Å². The lowest BCUT2D eigenvalue weighted by Crippen LogP contribution is -2.21. The summed E-state index contributed by atoms with van der Waals surface area (Å²) in [4.78, 5) is 35.6. The van der Waals surface area contributed by atoms with Crippen molar-refractivity contribution in [2.24, 2.45) is 0 Å². The minimum absolute atomic E-state index is 0.299. The summed E-state index contributed by atoms with van der Waals surface area (Å²) in [6.07, 6.45) is 1.93. The minimum atomic E-state index is -0.434. The van der Waals surface area contributed by atoms with Crippen molar-refractivity contribution in [2.45, 2.75) is 26.2 Å². The Hall–Kier alpha value is -3.35. The van der Waals surface area contributed by atoms with E-state index in [1.54, 1.807) is 42.5 Å². The number of benzene rings is 2. The average molecular weight is 384 g/mol. The molecule has 0 aliphatic carbocycles. The van der Waals surface area contributed by atoms with Crippen molar-refractivity contribution >= 4 is 29.2 Å². The Kier molecular flexibility index (Phi) is 8.02. The summed E-state index contributed by atoms with van der Waals surface area (Å²) in [6.45, 7) is 1.64. The van der Waals surface area contributed by atoms with Gasteiger partial charge < -0.3 is 20.1 Å². The largest absolute Gasteiger partial charge is 0.495 e. The zero-order chi connectivity index (χ0) is 20.4. The number of amides is 2. The van der Waals surface area contributed by atoms with Gasteiger partial charge >= 0.3 is 5.97 Å². The third-order valence-electron chi connectivity index (χ3n) is 3.88. The first-order valence-electron chi connectivity index (χ1n) is 9.03. The minimum Gasteiger partial charge on any atom is -0.495 e. The van der Waals surface area contributed by atoms with Gasteiger partial charge in [0.2, 0.25) is 0 Å². The molecule has 7 heteroatoms. The van der Waals surface area contributed by atoms with Crippen molar-refractivity contribution in [3.05, 3.63) is 54.1 Å². The zero-order valence-corrected chi connectivity index (χ0v) is 16.0. The number of hydrogen-bond acceptors (Lipinski definition) is 5. The number of hydrogen-bond donors (Lipinski definition) is 2. The van der Waals surface area contributed by atoms with Crippen molar-refractivity contribution in [2.75, 3.05) is 24.4 Å². The van der Waals surface area contributed by atoms with Gasteiger partial charge in [-0.15, -0.1) is 0 Å². The van der Waals surface area contributed by atoms with Gasteiger partial charge in [0.05, 0.1) is 12.8 Å². The Morgan fingerprint density at radius 1 is 0.964 bits per heavy atom. The summed E-state index contributed by atoms with van der Waals surface area (Å²) < 4.78 is 10.1. The first-order valence-corrected chi connectivity index (χ1v) is 9.03. The fourth-order valence-electron chi connectivity index (χ4n) is 2.38. The van der Waals surface area contributed by atoms with Gasteiger partial charge in [0, 0.05) is 17.7 Å². The summed E-state index contributed by atoms with van der Waals surface area (Å²) in [5.74, 6) is -0.558. The predicted molar refractivity (Wildman–Crippen MR) is 107 cm³/mol. The van der Waals surface area contributed by atoms with E-state index in [9.17, 15) is 14.4 Å². The molecule has 0 aliphatic heterocycles. The summed E-state index contributed by atoms with van der Waals surface area (Å²) in [7, 11) is 1.53. The predicted octanol–water partition coefficient (Wildman–Crippen LogP) is 3.62. The second-order valence-corrected chi connectivity index (χ2v) is 6.04. The lowest BCUT2D eigenvalue weighted by atomic mass is 10.2. The van der Waals surface area contributed by atoms with Crippen LogP contribution in [-0.4, -0.2) is 31.5 Å². The molecule has 28 heavy (non-hydrogen) atoms. The second kappa shape index (κ2) is 10.7. The molecule has 2 aromatic rings. The van der Waals surface area contributed by atoms with E-state index in [1.165, 1.54) is 7.11 Å². The van der Waals surface area contributed by atoms with E-state index in [-0.39, 0.29) is 18.5 Å². The molecule has 2 N–H and O–H groups in total. The highest BCUT2D eigenvalue weighted by Crippen LogP contribution is 2.23. The molecule has 0 unspecified atom stereocenters. The van der Waals surface area contributed by atoms with Crippen LogP contribution < -0.4 is 15.4 Å². The van der Waals surface area contributed by atoms with Crippen LogP contribution in [0.1, 0.15) is 36.5 Å². The smallest absolute Gasteiger partial charge is 0.306 e. The zero-order valence-electron chi connectivity index (χ0n) is 16.0. The SMILES string of the molecule is CCCCC(=O)OCC(=O)Nc1ccc(C(=O)Nc2ccccc2OC)cc1. The van der Waals surface area contributed by atoms with Gasteiger partial charge in [0.25, 0.3) is 11.8 Å². The fourth-order valence-corrected chi connectivity index (χ4v) is 2.38. The number of nitrogens with one attached hydrogen (secondary N) is 2. The van der Waals surface area contributed by atoms with Crippen molar-refractivity contribution < 1.29 is 23.9 Å². The summed E-state index contributed by atoms with van der Waals surface area (Å²) in [6, 6.07) is 13.5. The third kappa shape index (κ3) is 6.42. The van der Waals surface area contributed by atoms with Crippen molar-refractivity contribution in [1.29, 1.82) is 0 Å². The molecule has 0 spiro atoms. The van der Waals surface area contributed by atoms with E-state index in [1.807, 2.05) is 13.0 Å². The number of unbranched alkanes of at least 4 members (excludes halogenated alkanes) is 1. The molecule has 0 aromatic heterocycles. The van der Waals surface area contributed by atoms with Crippen LogP contribution >= 0.6 is 0 Å². The molecule has 0 saturated carbocycles. The van der Waals surface area contributed by atoms with Gasteiger partial charge in [-0.2, -0.15) is 0 Å². The molecule has 7 nitrogen and oxygen atoms in total. The molecule has 0 heterocycles. The molecule has 2 rings (SSSR count). The Morgan fingerprint density at radius 3 is 2.36 bits per heavy atom. The Morgan fingerprint density at radius 2 is 1.68 bits per heavy atom.